The Kier molecular flexibility index (Phi) is 5.29. The van der Waals surface area contributed by atoms with Crippen LogP contribution in [0.3, 0.4) is 0 Å². The molecule has 2 heterocycles. The molecule has 0 saturated carbocycles. The molecule has 1 aliphatic heterocycles. The largest absolute Gasteiger partial charge is 0.480 e. The van der Waals surface area contributed by atoms with E-state index in [9.17, 15) is 4.79 Å². The zero-order valence-corrected chi connectivity index (χ0v) is 15.7. The molecule has 0 radical (unpaired) electrons. The van der Waals surface area contributed by atoms with Gasteiger partial charge in [0.1, 0.15) is 17.2 Å². The summed E-state index contributed by atoms with van der Waals surface area (Å²) in [5, 5.41) is 12.0. The van der Waals surface area contributed by atoms with E-state index in [1.54, 1.807) is 6.20 Å². The van der Waals surface area contributed by atoms with Crippen molar-refractivity contribution in [2.45, 2.75) is 64.2 Å². The van der Waals surface area contributed by atoms with E-state index in [1.165, 1.54) is 11.8 Å². The van der Waals surface area contributed by atoms with Crippen molar-refractivity contribution in [3.63, 3.8) is 0 Å². The first kappa shape index (κ1) is 18.8. The highest BCUT2D eigenvalue weighted by atomic mass is 32.2. The topological polar surface area (TPSA) is 93.6 Å². The smallest absolute Gasteiger partial charge is 0.321 e. The van der Waals surface area contributed by atoms with Gasteiger partial charge in [-0.05, 0) is 41.5 Å². The Morgan fingerprint density at radius 3 is 2.38 bits per heavy atom. The molecule has 7 nitrogen and oxygen atoms in total. The molecule has 0 spiro atoms. The maximum atomic E-state index is 11.1. The van der Waals surface area contributed by atoms with Gasteiger partial charge in [-0.3, -0.25) is 10.1 Å². The van der Waals surface area contributed by atoms with Crippen molar-refractivity contribution in [1.82, 2.24) is 15.3 Å². The lowest BCUT2D eigenvalue weighted by Gasteiger charge is -2.25. The Morgan fingerprint density at radius 2 is 1.88 bits per heavy atom. The summed E-state index contributed by atoms with van der Waals surface area (Å²) < 4.78 is 11.7. The average molecular weight is 355 g/mol. The van der Waals surface area contributed by atoms with Crippen LogP contribution in [0.15, 0.2) is 6.20 Å². The Hall–Kier alpha value is -1.54. The Morgan fingerprint density at radius 1 is 1.25 bits per heavy atom. The van der Waals surface area contributed by atoms with Gasteiger partial charge in [-0.15, -0.1) is 11.8 Å². The second-order valence-electron chi connectivity index (χ2n) is 7.61. The fourth-order valence-electron chi connectivity index (χ4n) is 2.03. The van der Waals surface area contributed by atoms with Gasteiger partial charge in [0, 0.05) is 11.9 Å². The highest BCUT2D eigenvalue weighted by Crippen LogP contribution is 2.38. The second kappa shape index (κ2) is 6.76. The van der Waals surface area contributed by atoms with E-state index in [0.717, 1.165) is 5.56 Å². The van der Waals surface area contributed by atoms with Gasteiger partial charge >= 0.3 is 12.0 Å². The van der Waals surface area contributed by atoms with Crippen molar-refractivity contribution in [3.05, 3.63) is 11.8 Å². The molecule has 1 aliphatic rings. The number of nitrogens with one attached hydrogen (secondary N) is 1. The summed E-state index contributed by atoms with van der Waals surface area (Å²) in [6, 6.07) is -0.351. The van der Waals surface area contributed by atoms with Crippen molar-refractivity contribution >= 4 is 17.7 Å². The number of hydrogen-bond donors (Lipinski definition) is 2. The predicted octanol–water partition coefficient (Wildman–Crippen LogP) is 2.62. The molecule has 1 aromatic rings. The third-order valence-electron chi connectivity index (χ3n) is 2.92. The van der Waals surface area contributed by atoms with E-state index < -0.39 is 23.2 Å². The minimum atomic E-state index is -0.864. The van der Waals surface area contributed by atoms with E-state index in [-0.39, 0.29) is 11.4 Å². The highest BCUT2D eigenvalue weighted by Gasteiger charge is 2.34. The number of hydrogen-bond acceptors (Lipinski definition) is 7. The molecule has 1 fully saturated rings. The Bertz CT molecular complexity index is 610. The monoisotopic (exact) mass is 355 g/mol. The van der Waals surface area contributed by atoms with Gasteiger partial charge in [0.15, 0.2) is 0 Å². The average Bonchev–Trinajstić information content (AvgIpc) is 2.84. The zero-order chi connectivity index (χ0) is 18.1. The molecule has 0 aliphatic carbocycles. The number of thioether (sulfide) groups is 1. The zero-order valence-electron chi connectivity index (χ0n) is 14.9. The van der Waals surface area contributed by atoms with Crippen molar-refractivity contribution < 1.29 is 19.4 Å². The third-order valence-corrected chi connectivity index (χ3v) is 4.17. The number of aromatic nitrogens is 2. The van der Waals surface area contributed by atoms with Crippen LogP contribution in [-0.2, 0) is 4.79 Å². The van der Waals surface area contributed by atoms with Gasteiger partial charge in [-0.2, -0.15) is 4.98 Å². The van der Waals surface area contributed by atoms with Crippen LogP contribution in [0.1, 0.15) is 52.5 Å². The number of carboxylic acid groups (broad SMARTS) is 1. The van der Waals surface area contributed by atoms with Crippen molar-refractivity contribution in [1.29, 1.82) is 0 Å². The SMILES string of the molecule is CC(C)(C)Oc1ncc([C@@H]2N[C@H](C(=O)O)CS2)c(OC(C)(C)C)n1. The van der Waals surface area contributed by atoms with E-state index in [1.807, 2.05) is 41.5 Å². The lowest BCUT2D eigenvalue weighted by molar-refractivity contribution is -0.138. The summed E-state index contributed by atoms with van der Waals surface area (Å²) in [7, 11) is 0. The minimum absolute atomic E-state index is 0.230. The van der Waals surface area contributed by atoms with Gasteiger partial charge in [0.25, 0.3) is 0 Å². The first-order valence-electron chi connectivity index (χ1n) is 7.80. The first-order chi connectivity index (χ1) is 10.9. The van der Waals surface area contributed by atoms with Crippen LogP contribution in [0.4, 0.5) is 0 Å². The van der Waals surface area contributed by atoms with Gasteiger partial charge in [0.05, 0.1) is 10.9 Å². The first-order valence-corrected chi connectivity index (χ1v) is 8.85. The second-order valence-corrected chi connectivity index (χ2v) is 8.75. The highest BCUT2D eigenvalue weighted by molar-refractivity contribution is 7.99. The summed E-state index contributed by atoms with van der Waals surface area (Å²) >= 11 is 1.50. The van der Waals surface area contributed by atoms with E-state index in [4.69, 9.17) is 14.6 Å². The number of ether oxygens (including phenoxy) is 2. The summed E-state index contributed by atoms with van der Waals surface area (Å²) in [5.41, 5.74) is -0.146. The number of carbonyl (C=O) groups is 1. The van der Waals surface area contributed by atoms with Crippen molar-refractivity contribution in [3.8, 4) is 11.9 Å². The van der Waals surface area contributed by atoms with Crippen molar-refractivity contribution in [2.24, 2.45) is 0 Å². The molecule has 1 saturated heterocycles. The van der Waals surface area contributed by atoms with Crippen LogP contribution in [0.5, 0.6) is 11.9 Å². The maximum absolute atomic E-state index is 11.1. The molecule has 134 valence electrons. The Labute approximate surface area is 146 Å². The van der Waals surface area contributed by atoms with E-state index in [2.05, 4.69) is 15.3 Å². The van der Waals surface area contributed by atoms with Crippen molar-refractivity contribution in [2.75, 3.05) is 5.75 Å². The molecule has 2 atom stereocenters. The van der Waals surface area contributed by atoms with Gasteiger partial charge in [-0.1, -0.05) is 0 Å². The standard InChI is InChI=1S/C16H25N3O4S/c1-15(2,3)22-11-9(12-18-10(8-24-12)13(20)21)7-17-14(19-11)23-16(4,5)6/h7,10,12,18H,8H2,1-6H3,(H,20,21)/t10-,12+/m0/s1. The van der Waals surface area contributed by atoms with Crippen LogP contribution in [0.2, 0.25) is 0 Å². The molecule has 0 aromatic carbocycles. The fourth-order valence-corrected chi connectivity index (χ4v) is 3.25. The number of rotatable bonds is 4. The molecular formula is C16H25N3O4S. The normalized spacial score (nSPS) is 21.6. The third kappa shape index (κ3) is 5.24. The van der Waals surface area contributed by atoms with Gasteiger partial charge < -0.3 is 14.6 Å². The molecule has 0 unspecified atom stereocenters. The van der Waals surface area contributed by atoms with Crippen LogP contribution < -0.4 is 14.8 Å². The molecule has 0 amide bonds. The molecule has 0 bridgehead atoms. The van der Waals surface area contributed by atoms with Crippen LogP contribution in [0.25, 0.3) is 0 Å². The predicted molar refractivity (Wildman–Crippen MR) is 92.6 cm³/mol. The molecule has 1 aromatic heterocycles. The van der Waals surface area contributed by atoms with E-state index >= 15 is 0 Å². The lowest BCUT2D eigenvalue weighted by atomic mass is 10.2. The number of aliphatic carboxylic acids is 1. The van der Waals surface area contributed by atoms with Gasteiger partial charge in [-0.25, -0.2) is 4.98 Å². The number of nitrogens with zero attached hydrogens (tertiary/aromatic N) is 2. The molecule has 24 heavy (non-hydrogen) atoms. The molecule has 8 heteroatoms. The summed E-state index contributed by atoms with van der Waals surface area (Å²) in [6.45, 7) is 11.5. The molecule has 2 N–H and O–H groups in total. The van der Waals surface area contributed by atoms with Crippen LogP contribution >= 0.6 is 11.8 Å². The van der Waals surface area contributed by atoms with Crippen LogP contribution in [-0.4, -0.2) is 44.0 Å². The maximum Gasteiger partial charge on any atom is 0.321 e. The van der Waals surface area contributed by atoms with E-state index in [0.29, 0.717) is 11.6 Å². The fraction of sp³-hybridized carbons (Fsp3) is 0.688. The molecular weight excluding hydrogens is 330 g/mol. The molecule has 2 rings (SSSR count). The minimum Gasteiger partial charge on any atom is -0.480 e. The summed E-state index contributed by atoms with van der Waals surface area (Å²) in [6.07, 6.45) is 1.64. The number of carboxylic acids is 1. The van der Waals surface area contributed by atoms with Crippen LogP contribution in [0, 0.1) is 0 Å². The van der Waals surface area contributed by atoms with Gasteiger partial charge in [0.2, 0.25) is 5.88 Å². The lowest BCUT2D eigenvalue weighted by Crippen LogP contribution is -2.34. The summed E-state index contributed by atoms with van der Waals surface area (Å²) in [5.74, 6) is 0.0274. The quantitative estimate of drug-likeness (QED) is 0.851. The Balaban J connectivity index is 2.31. The summed E-state index contributed by atoms with van der Waals surface area (Å²) in [4.78, 5) is 19.8.